The monoisotopic (exact) mass is 356 g/mol. The molecule has 0 saturated carbocycles. The molecule has 0 aliphatic carbocycles. The van der Waals surface area contributed by atoms with Crippen LogP contribution in [0.2, 0.25) is 0 Å². The van der Waals surface area contributed by atoms with Crippen molar-refractivity contribution in [2.45, 2.75) is 11.1 Å². The molecule has 1 heterocycles. The number of nitrogens with one attached hydrogen (secondary N) is 2. The van der Waals surface area contributed by atoms with Crippen molar-refractivity contribution in [3.63, 3.8) is 0 Å². The van der Waals surface area contributed by atoms with Gasteiger partial charge in [-0.15, -0.1) is 0 Å². The molecular formula is C15H11F3N2O3S. The maximum atomic E-state index is 12.5. The summed E-state index contributed by atoms with van der Waals surface area (Å²) < 4.78 is 64.4. The lowest BCUT2D eigenvalue weighted by Gasteiger charge is -2.10. The number of rotatable bonds is 3. The van der Waals surface area contributed by atoms with E-state index in [2.05, 4.69) is 9.71 Å². The minimum absolute atomic E-state index is 0.0139. The fraction of sp³-hybridized carbons (Fsp3) is 0.0667. The minimum Gasteiger partial charge on any atom is -0.495 e. The van der Waals surface area contributed by atoms with Gasteiger partial charge >= 0.3 is 6.18 Å². The average molecular weight is 356 g/mol. The number of hydrogen-bond donors (Lipinski definition) is 3. The molecule has 0 radical (unpaired) electrons. The van der Waals surface area contributed by atoms with Crippen LogP contribution < -0.4 is 4.72 Å². The molecular weight excluding hydrogens is 345 g/mol. The molecule has 0 amide bonds. The number of hydrogen-bond acceptors (Lipinski definition) is 3. The lowest BCUT2D eigenvalue weighted by atomic mass is 10.2. The maximum absolute atomic E-state index is 12.5. The quantitative estimate of drug-likeness (QED) is 0.669. The Balaban J connectivity index is 1.89. The Morgan fingerprint density at radius 3 is 2.29 bits per heavy atom. The summed E-state index contributed by atoms with van der Waals surface area (Å²) in [6.07, 6.45) is -4.49. The fourth-order valence-electron chi connectivity index (χ4n) is 2.20. The number of aromatic hydroxyl groups is 1. The molecule has 3 rings (SSSR count). The van der Waals surface area contributed by atoms with Gasteiger partial charge in [0.1, 0.15) is 0 Å². The van der Waals surface area contributed by atoms with Gasteiger partial charge in [-0.3, -0.25) is 4.72 Å². The van der Waals surface area contributed by atoms with Crippen molar-refractivity contribution in [2.75, 3.05) is 4.72 Å². The molecule has 0 fully saturated rings. The van der Waals surface area contributed by atoms with Gasteiger partial charge in [0, 0.05) is 22.7 Å². The first-order valence-corrected chi connectivity index (χ1v) is 8.15. The molecule has 0 saturated heterocycles. The van der Waals surface area contributed by atoms with Crippen molar-refractivity contribution in [1.82, 2.24) is 4.98 Å². The summed E-state index contributed by atoms with van der Waals surface area (Å²) in [6, 6.07) is 9.20. The molecule has 5 nitrogen and oxygen atoms in total. The van der Waals surface area contributed by atoms with E-state index >= 15 is 0 Å². The van der Waals surface area contributed by atoms with Crippen LogP contribution in [0, 0.1) is 0 Å². The van der Waals surface area contributed by atoms with E-state index in [0.717, 1.165) is 24.3 Å². The number of H-pyrrole nitrogens is 1. The molecule has 1 aromatic heterocycles. The molecule has 0 unspecified atom stereocenters. The lowest BCUT2D eigenvalue weighted by molar-refractivity contribution is -0.137. The molecule has 0 atom stereocenters. The zero-order valence-electron chi connectivity index (χ0n) is 11.9. The fourth-order valence-corrected chi connectivity index (χ4v) is 3.30. The van der Waals surface area contributed by atoms with Gasteiger partial charge in [-0.1, -0.05) is 0 Å². The topological polar surface area (TPSA) is 82.2 Å². The van der Waals surface area contributed by atoms with E-state index in [0.29, 0.717) is 10.9 Å². The van der Waals surface area contributed by atoms with Crippen molar-refractivity contribution < 1.29 is 26.7 Å². The van der Waals surface area contributed by atoms with Crippen LogP contribution in [0.4, 0.5) is 18.9 Å². The van der Waals surface area contributed by atoms with Gasteiger partial charge < -0.3 is 10.1 Å². The highest BCUT2D eigenvalue weighted by Gasteiger charge is 2.30. The Bertz CT molecular complexity index is 993. The number of anilines is 1. The van der Waals surface area contributed by atoms with E-state index in [-0.39, 0.29) is 16.5 Å². The van der Waals surface area contributed by atoms with Crippen LogP contribution in [0.25, 0.3) is 10.9 Å². The zero-order chi connectivity index (χ0) is 17.5. The van der Waals surface area contributed by atoms with E-state index < -0.39 is 21.8 Å². The normalized spacial score (nSPS) is 12.5. The molecule has 2 aromatic carbocycles. The third kappa shape index (κ3) is 3.16. The van der Waals surface area contributed by atoms with Gasteiger partial charge in [0.05, 0.1) is 10.5 Å². The lowest BCUT2D eigenvalue weighted by Crippen LogP contribution is -2.13. The van der Waals surface area contributed by atoms with E-state index in [1.807, 2.05) is 0 Å². The summed E-state index contributed by atoms with van der Waals surface area (Å²) in [5.74, 6) is -0.102. The van der Waals surface area contributed by atoms with Gasteiger partial charge in [-0.25, -0.2) is 8.42 Å². The van der Waals surface area contributed by atoms with Crippen molar-refractivity contribution >= 4 is 26.6 Å². The Kier molecular flexibility index (Phi) is 3.67. The van der Waals surface area contributed by atoms with Crippen molar-refractivity contribution in [3.8, 4) is 5.88 Å². The van der Waals surface area contributed by atoms with Gasteiger partial charge in [-0.05, 0) is 42.5 Å². The molecule has 9 heteroatoms. The number of alkyl halides is 3. The first kappa shape index (κ1) is 16.2. The van der Waals surface area contributed by atoms with E-state index in [1.54, 1.807) is 0 Å². The highest BCUT2D eigenvalue weighted by atomic mass is 32.2. The number of benzene rings is 2. The Hall–Kier alpha value is -2.68. The second kappa shape index (κ2) is 5.45. The first-order valence-electron chi connectivity index (χ1n) is 6.67. The van der Waals surface area contributed by atoms with Crippen LogP contribution in [0.3, 0.4) is 0 Å². The molecule has 0 bridgehead atoms. The summed E-state index contributed by atoms with van der Waals surface area (Å²) >= 11 is 0. The number of fused-ring (bicyclic) bond motifs is 1. The molecule has 0 aliphatic rings. The highest BCUT2D eigenvalue weighted by Crippen LogP contribution is 2.30. The largest absolute Gasteiger partial charge is 0.495 e. The standard InChI is InChI=1S/C15H11F3N2O3S/c16-15(17,18)10-1-3-11(4-2-10)20-24(22,23)12-5-6-13-9(7-12)8-14(21)19-13/h1-8,19-21H. The molecule has 3 N–H and O–H groups in total. The van der Waals surface area contributed by atoms with E-state index in [1.165, 1.54) is 24.3 Å². The zero-order valence-corrected chi connectivity index (χ0v) is 12.7. The van der Waals surface area contributed by atoms with Crippen LogP contribution >= 0.6 is 0 Å². The summed E-state index contributed by atoms with van der Waals surface area (Å²) in [7, 11) is -3.97. The van der Waals surface area contributed by atoms with Crippen LogP contribution in [0.15, 0.2) is 53.4 Å². The Labute approximate surface area is 134 Å². The van der Waals surface area contributed by atoms with Crippen LogP contribution in [-0.4, -0.2) is 18.5 Å². The van der Waals surface area contributed by atoms with Crippen molar-refractivity contribution in [1.29, 1.82) is 0 Å². The second-order valence-electron chi connectivity index (χ2n) is 5.08. The predicted octanol–water partition coefficient (Wildman–Crippen LogP) is 3.69. The van der Waals surface area contributed by atoms with Gasteiger partial charge in [0.15, 0.2) is 5.88 Å². The van der Waals surface area contributed by atoms with E-state index in [9.17, 15) is 26.7 Å². The average Bonchev–Trinajstić information content (AvgIpc) is 2.85. The second-order valence-corrected chi connectivity index (χ2v) is 6.77. The number of sulfonamides is 1. The summed E-state index contributed by atoms with van der Waals surface area (Å²) in [4.78, 5) is 2.57. The summed E-state index contributed by atoms with van der Waals surface area (Å²) in [5, 5.41) is 9.85. The number of aromatic amines is 1. The number of halogens is 3. The van der Waals surface area contributed by atoms with Crippen molar-refractivity contribution in [3.05, 3.63) is 54.1 Å². The molecule has 0 spiro atoms. The third-order valence-corrected chi connectivity index (χ3v) is 4.73. The van der Waals surface area contributed by atoms with Gasteiger partial charge in [-0.2, -0.15) is 13.2 Å². The summed E-state index contributed by atoms with van der Waals surface area (Å²) in [6.45, 7) is 0. The summed E-state index contributed by atoms with van der Waals surface area (Å²) in [5.41, 5.74) is -0.296. The smallest absolute Gasteiger partial charge is 0.416 e. The molecule has 126 valence electrons. The first-order chi connectivity index (χ1) is 11.1. The van der Waals surface area contributed by atoms with E-state index in [4.69, 9.17) is 0 Å². The predicted molar refractivity (Wildman–Crippen MR) is 82.2 cm³/mol. The Morgan fingerprint density at radius 1 is 1.00 bits per heavy atom. The third-order valence-electron chi connectivity index (χ3n) is 3.35. The maximum Gasteiger partial charge on any atom is 0.416 e. The van der Waals surface area contributed by atoms with Crippen LogP contribution in [-0.2, 0) is 16.2 Å². The van der Waals surface area contributed by atoms with Gasteiger partial charge in [0.2, 0.25) is 0 Å². The van der Waals surface area contributed by atoms with Gasteiger partial charge in [0.25, 0.3) is 10.0 Å². The minimum atomic E-state index is -4.49. The molecule has 0 aliphatic heterocycles. The van der Waals surface area contributed by atoms with Crippen LogP contribution in [0.5, 0.6) is 5.88 Å². The highest BCUT2D eigenvalue weighted by molar-refractivity contribution is 7.92. The SMILES string of the molecule is O=S(=O)(Nc1ccc(C(F)(F)F)cc1)c1ccc2[nH]c(O)cc2c1. The molecule has 24 heavy (non-hydrogen) atoms. The van der Waals surface area contributed by atoms with Crippen molar-refractivity contribution in [2.24, 2.45) is 0 Å². The molecule has 3 aromatic rings. The van der Waals surface area contributed by atoms with Crippen LogP contribution in [0.1, 0.15) is 5.56 Å². The number of aromatic nitrogens is 1. The Morgan fingerprint density at radius 2 is 1.67 bits per heavy atom.